The maximum Gasteiger partial charge on any atom is 0.318 e. The van der Waals surface area contributed by atoms with Crippen molar-refractivity contribution in [3.8, 4) is 0 Å². The number of ether oxygens (including phenoxy) is 1. The number of carbonyl (C=O) groups excluding carboxylic acids is 1. The smallest absolute Gasteiger partial charge is 0.318 e. The Morgan fingerprint density at radius 2 is 2.17 bits per heavy atom. The van der Waals surface area contributed by atoms with Crippen LogP contribution in [-0.4, -0.2) is 36.7 Å². The van der Waals surface area contributed by atoms with Crippen LogP contribution in [0.3, 0.4) is 0 Å². The molecule has 1 fully saturated rings. The van der Waals surface area contributed by atoms with Crippen molar-refractivity contribution in [2.45, 2.75) is 31.4 Å². The first-order chi connectivity index (χ1) is 11.8. The number of hydrogen-bond acceptors (Lipinski definition) is 3. The lowest BCUT2D eigenvalue weighted by Gasteiger charge is -2.36. The lowest BCUT2D eigenvalue weighted by Crippen LogP contribution is -2.47. The first-order valence-electron chi connectivity index (χ1n) is 8.60. The van der Waals surface area contributed by atoms with Crippen LogP contribution in [0.1, 0.15) is 34.9 Å². The lowest BCUT2D eigenvalue weighted by atomic mass is 9.93. The molecule has 2 aliphatic rings. The molecule has 4 rings (SSSR count). The monoisotopic (exact) mass is 342 g/mol. The highest BCUT2D eigenvalue weighted by Gasteiger charge is 2.33. The van der Waals surface area contributed by atoms with Crippen molar-refractivity contribution in [2.75, 3.05) is 19.7 Å². The third kappa shape index (κ3) is 3.06. The van der Waals surface area contributed by atoms with Crippen molar-refractivity contribution in [3.05, 3.63) is 57.8 Å². The van der Waals surface area contributed by atoms with Gasteiger partial charge in [-0.1, -0.05) is 30.3 Å². The summed E-state index contributed by atoms with van der Waals surface area (Å²) in [6.45, 7) is 2.17. The van der Waals surface area contributed by atoms with Crippen LogP contribution in [0.5, 0.6) is 0 Å². The SMILES string of the molecule is O=C(NC[C@H]1CCCO1)N1CCc2sccc2[C@@H]1c1ccccc1. The van der Waals surface area contributed by atoms with Gasteiger partial charge in [-0.05, 0) is 41.8 Å². The first-order valence-corrected chi connectivity index (χ1v) is 9.48. The van der Waals surface area contributed by atoms with E-state index in [1.54, 1.807) is 11.3 Å². The van der Waals surface area contributed by atoms with Gasteiger partial charge in [-0.25, -0.2) is 4.79 Å². The van der Waals surface area contributed by atoms with Gasteiger partial charge in [0.25, 0.3) is 0 Å². The van der Waals surface area contributed by atoms with Crippen molar-refractivity contribution in [1.29, 1.82) is 0 Å². The number of urea groups is 1. The molecule has 3 heterocycles. The molecule has 2 aromatic rings. The molecule has 0 unspecified atom stereocenters. The Morgan fingerprint density at radius 1 is 1.29 bits per heavy atom. The number of carbonyl (C=O) groups is 1. The van der Waals surface area contributed by atoms with Crippen molar-refractivity contribution >= 4 is 17.4 Å². The average molecular weight is 342 g/mol. The van der Waals surface area contributed by atoms with Gasteiger partial charge in [0.15, 0.2) is 0 Å². The lowest BCUT2D eigenvalue weighted by molar-refractivity contribution is 0.107. The molecule has 0 radical (unpaired) electrons. The van der Waals surface area contributed by atoms with Crippen molar-refractivity contribution < 1.29 is 9.53 Å². The number of hydrogen-bond donors (Lipinski definition) is 1. The molecule has 126 valence electrons. The summed E-state index contributed by atoms with van der Waals surface area (Å²) in [6, 6.07) is 12.5. The zero-order valence-electron chi connectivity index (χ0n) is 13.6. The molecule has 0 bridgehead atoms. The number of thiophene rings is 1. The largest absolute Gasteiger partial charge is 0.376 e. The Bertz CT molecular complexity index is 694. The third-order valence-corrected chi connectivity index (χ3v) is 5.84. The average Bonchev–Trinajstić information content (AvgIpc) is 3.30. The highest BCUT2D eigenvalue weighted by atomic mass is 32.1. The Hall–Kier alpha value is -1.85. The molecule has 2 aliphatic heterocycles. The van der Waals surface area contributed by atoms with Gasteiger partial charge in [-0.2, -0.15) is 0 Å². The zero-order valence-corrected chi connectivity index (χ0v) is 14.4. The maximum absolute atomic E-state index is 12.8. The summed E-state index contributed by atoms with van der Waals surface area (Å²) in [7, 11) is 0. The number of amides is 2. The fraction of sp³-hybridized carbons (Fsp3) is 0.421. The van der Waals surface area contributed by atoms with Crippen LogP contribution in [-0.2, 0) is 11.2 Å². The van der Waals surface area contributed by atoms with Crippen LogP contribution in [0.2, 0.25) is 0 Å². The van der Waals surface area contributed by atoms with E-state index in [-0.39, 0.29) is 18.2 Å². The fourth-order valence-corrected chi connectivity index (χ4v) is 4.54. The van der Waals surface area contributed by atoms with Gasteiger partial charge in [-0.15, -0.1) is 11.3 Å². The summed E-state index contributed by atoms with van der Waals surface area (Å²) in [4.78, 5) is 16.2. The molecule has 1 saturated heterocycles. The highest BCUT2D eigenvalue weighted by molar-refractivity contribution is 7.10. The van der Waals surface area contributed by atoms with Crippen LogP contribution in [0, 0.1) is 0 Å². The second-order valence-electron chi connectivity index (χ2n) is 6.38. The standard InChI is InChI=1S/C19H22N2O2S/c22-19(20-13-15-7-4-11-23-15)21-10-8-17-16(9-12-24-17)18(21)14-5-2-1-3-6-14/h1-3,5-6,9,12,15,18H,4,7-8,10-11,13H2,(H,20,22)/t15-,18+/m1/s1. The Morgan fingerprint density at radius 3 is 2.96 bits per heavy atom. The number of nitrogens with one attached hydrogen (secondary N) is 1. The van der Waals surface area contributed by atoms with Gasteiger partial charge in [-0.3, -0.25) is 0 Å². The van der Waals surface area contributed by atoms with Crippen molar-refractivity contribution in [2.24, 2.45) is 0 Å². The summed E-state index contributed by atoms with van der Waals surface area (Å²) in [5.74, 6) is 0. The zero-order chi connectivity index (χ0) is 16.4. The predicted octanol–water partition coefficient (Wildman–Crippen LogP) is 3.58. The van der Waals surface area contributed by atoms with E-state index in [1.165, 1.54) is 16.0 Å². The van der Waals surface area contributed by atoms with E-state index >= 15 is 0 Å². The molecule has 4 nitrogen and oxygen atoms in total. The van der Waals surface area contributed by atoms with Crippen LogP contribution in [0.15, 0.2) is 41.8 Å². The molecule has 0 saturated carbocycles. The molecule has 0 aliphatic carbocycles. The van der Waals surface area contributed by atoms with E-state index in [2.05, 4.69) is 28.9 Å². The van der Waals surface area contributed by atoms with Gasteiger partial charge >= 0.3 is 6.03 Å². The minimum atomic E-state index is 0.00527. The Balaban J connectivity index is 1.55. The first kappa shape index (κ1) is 15.7. The highest BCUT2D eigenvalue weighted by Crippen LogP contribution is 2.37. The maximum atomic E-state index is 12.8. The molecular formula is C19H22N2O2S. The van der Waals surface area contributed by atoms with Gasteiger partial charge < -0.3 is 15.0 Å². The topological polar surface area (TPSA) is 41.6 Å². The summed E-state index contributed by atoms with van der Waals surface area (Å²) in [5.41, 5.74) is 2.44. The Labute approximate surface area is 146 Å². The van der Waals surface area contributed by atoms with Crippen LogP contribution in [0.25, 0.3) is 0 Å². The van der Waals surface area contributed by atoms with E-state index < -0.39 is 0 Å². The molecule has 5 heteroatoms. The molecule has 2 amide bonds. The van der Waals surface area contributed by atoms with E-state index in [1.807, 2.05) is 23.1 Å². The molecule has 1 aromatic carbocycles. The summed E-state index contributed by atoms with van der Waals surface area (Å²) in [5, 5.41) is 5.22. The molecule has 1 N–H and O–H groups in total. The summed E-state index contributed by atoms with van der Waals surface area (Å²) in [6.07, 6.45) is 3.24. The van der Waals surface area contributed by atoms with Crippen LogP contribution >= 0.6 is 11.3 Å². The van der Waals surface area contributed by atoms with Crippen molar-refractivity contribution in [1.82, 2.24) is 10.2 Å². The normalized spacial score (nSPS) is 23.1. The Kier molecular flexibility index (Phi) is 4.54. The second kappa shape index (κ2) is 6.95. The number of rotatable bonds is 3. The van der Waals surface area contributed by atoms with E-state index in [9.17, 15) is 4.79 Å². The van der Waals surface area contributed by atoms with Crippen LogP contribution in [0.4, 0.5) is 4.79 Å². The quantitative estimate of drug-likeness (QED) is 0.926. The van der Waals surface area contributed by atoms with Crippen LogP contribution < -0.4 is 5.32 Å². The van der Waals surface area contributed by atoms with Gasteiger partial charge in [0.05, 0.1) is 12.1 Å². The third-order valence-electron chi connectivity index (χ3n) is 4.85. The molecule has 2 atom stereocenters. The van der Waals surface area contributed by atoms with Gasteiger partial charge in [0, 0.05) is 24.6 Å². The van der Waals surface area contributed by atoms with Crippen molar-refractivity contribution in [3.63, 3.8) is 0 Å². The summed E-state index contributed by atoms with van der Waals surface area (Å²) < 4.78 is 5.61. The molecule has 1 aromatic heterocycles. The number of nitrogens with zero attached hydrogens (tertiary/aromatic N) is 1. The fourth-order valence-electron chi connectivity index (χ4n) is 3.64. The molecule has 0 spiro atoms. The second-order valence-corrected chi connectivity index (χ2v) is 7.38. The number of benzene rings is 1. The number of fused-ring (bicyclic) bond motifs is 1. The van der Waals surface area contributed by atoms with E-state index in [4.69, 9.17) is 4.74 Å². The predicted molar refractivity (Wildman–Crippen MR) is 95.4 cm³/mol. The van der Waals surface area contributed by atoms with Gasteiger partial charge in [0.2, 0.25) is 0 Å². The van der Waals surface area contributed by atoms with E-state index in [0.29, 0.717) is 6.54 Å². The summed E-state index contributed by atoms with van der Waals surface area (Å²) >= 11 is 1.79. The molecular weight excluding hydrogens is 320 g/mol. The van der Waals surface area contributed by atoms with E-state index in [0.717, 1.165) is 32.4 Å². The van der Waals surface area contributed by atoms with Gasteiger partial charge in [0.1, 0.15) is 0 Å². The minimum Gasteiger partial charge on any atom is -0.376 e. The molecule has 24 heavy (non-hydrogen) atoms. The minimum absolute atomic E-state index is 0.00527.